The van der Waals surface area contributed by atoms with Gasteiger partial charge in [-0.3, -0.25) is 0 Å². The lowest BCUT2D eigenvalue weighted by atomic mass is 10.1. The van der Waals surface area contributed by atoms with Crippen molar-refractivity contribution in [3.05, 3.63) is 29.8 Å². The molecule has 0 heterocycles. The zero-order valence-corrected chi connectivity index (χ0v) is 12.6. The zero-order chi connectivity index (χ0) is 15.0. The molecule has 4 nitrogen and oxygen atoms in total. The van der Waals surface area contributed by atoms with Crippen LogP contribution >= 0.6 is 0 Å². The molecule has 0 bridgehead atoms. The molecule has 1 aromatic carbocycles. The Balaban J connectivity index is 2.58. The molecule has 0 aliphatic rings. The second-order valence-electron chi connectivity index (χ2n) is 5.28. The maximum absolute atomic E-state index is 11.9. The van der Waals surface area contributed by atoms with Crippen molar-refractivity contribution in [1.29, 1.82) is 0 Å². The van der Waals surface area contributed by atoms with Gasteiger partial charge in [0.05, 0.1) is 6.61 Å². The standard InChI is InChI=1S/C16H25NO3/c1-4-5-12-19-15(18)16(2,3)20-14-8-6-13(7-9-14)10-11-17/h6-9H,4-5,10-12,17H2,1-3H3. The summed E-state index contributed by atoms with van der Waals surface area (Å²) in [5.41, 5.74) is 5.68. The highest BCUT2D eigenvalue weighted by Crippen LogP contribution is 2.20. The molecule has 0 aromatic heterocycles. The van der Waals surface area contributed by atoms with Crippen molar-refractivity contribution in [3.63, 3.8) is 0 Å². The first-order valence-corrected chi connectivity index (χ1v) is 7.15. The van der Waals surface area contributed by atoms with Crippen LogP contribution in [0.3, 0.4) is 0 Å². The average Bonchev–Trinajstić information content (AvgIpc) is 2.41. The number of ether oxygens (including phenoxy) is 2. The topological polar surface area (TPSA) is 61.5 Å². The van der Waals surface area contributed by atoms with Gasteiger partial charge in [-0.2, -0.15) is 0 Å². The SMILES string of the molecule is CCCCOC(=O)C(C)(C)Oc1ccc(CCN)cc1. The Hall–Kier alpha value is -1.55. The number of carbonyl (C=O) groups is 1. The fourth-order valence-electron chi connectivity index (χ4n) is 1.71. The molecule has 1 rings (SSSR count). The third-order valence-corrected chi connectivity index (χ3v) is 2.95. The van der Waals surface area contributed by atoms with Gasteiger partial charge in [-0.05, 0) is 50.9 Å². The highest BCUT2D eigenvalue weighted by molar-refractivity contribution is 5.79. The Labute approximate surface area is 121 Å². The number of nitrogens with two attached hydrogens (primary N) is 1. The number of benzene rings is 1. The van der Waals surface area contributed by atoms with Gasteiger partial charge < -0.3 is 15.2 Å². The van der Waals surface area contributed by atoms with E-state index in [1.807, 2.05) is 24.3 Å². The minimum absolute atomic E-state index is 0.336. The van der Waals surface area contributed by atoms with Gasteiger partial charge in [-0.15, -0.1) is 0 Å². The molecule has 1 aromatic rings. The molecular weight excluding hydrogens is 254 g/mol. The van der Waals surface area contributed by atoms with E-state index in [1.54, 1.807) is 13.8 Å². The van der Waals surface area contributed by atoms with Crippen LogP contribution in [0.15, 0.2) is 24.3 Å². The Morgan fingerprint density at radius 2 is 1.90 bits per heavy atom. The number of unbranched alkanes of at least 4 members (excludes halogenated alkanes) is 1. The summed E-state index contributed by atoms with van der Waals surface area (Å²) in [5, 5.41) is 0. The van der Waals surface area contributed by atoms with Gasteiger partial charge in [0.15, 0.2) is 5.60 Å². The summed E-state index contributed by atoms with van der Waals surface area (Å²) in [6.45, 7) is 6.55. The van der Waals surface area contributed by atoms with Crippen molar-refractivity contribution in [2.45, 2.75) is 45.6 Å². The predicted octanol–water partition coefficient (Wildman–Crippen LogP) is 2.69. The molecule has 112 valence electrons. The van der Waals surface area contributed by atoms with Crippen LogP contribution in [0.25, 0.3) is 0 Å². The van der Waals surface area contributed by atoms with Crippen molar-refractivity contribution >= 4 is 5.97 Å². The molecule has 0 atom stereocenters. The van der Waals surface area contributed by atoms with Crippen LogP contribution in [0.1, 0.15) is 39.2 Å². The summed E-state index contributed by atoms with van der Waals surface area (Å²) in [5.74, 6) is 0.320. The quantitative estimate of drug-likeness (QED) is 0.587. The van der Waals surface area contributed by atoms with Crippen molar-refractivity contribution in [2.75, 3.05) is 13.2 Å². The normalized spacial score (nSPS) is 11.2. The van der Waals surface area contributed by atoms with Gasteiger partial charge in [0.2, 0.25) is 0 Å². The number of hydrogen-bond acceptors (Lipinski definition) is 4. The summed E-state index contributed by atoms with van der Waals surface area (Å²) < 4.78 is 10.9. The summed E-state index contributed by atoms with van der Waals surface area (Å²) in [4.78, 5) is 11.9. The van der Waals surface area contributed by atoms with Crippen LogP contribution in [0, 0.1) is 0 Å². The molecule has 0 aliphatic heterocycles. The summed E-state index contributed by atoms with van der Waals surface area (Å²) >= 11 is 0. The van der Waals surface area contributed by atoms with E-state index in [4.69, 9.17) is 15.2 Å². The maximum Gasteiger partial charge on any atom is 0.349 e. The largest absolute Gasteiger partial charge is 0.476 e. The molecule has 2 N–H and O–H groups in total. The average molecular weight is 279 g/mol. The van der Waals surface area contributed by atoms with Gasteiger partial charge in [0, 0.05) is 0 Å². The number of carbonyl (C=O) groups excluding carboxylic acids is 1. The smallest absolute Gasteiger partial charge is 0.349 e. The van der Waals surface area contributed by atoms with E-state index >= 15 is 0 Å². The first-order chi connectivity index (χ1) is 9.49. The molecule has 0 radical (unpaired) electrons. The third kappa shape index (κ3) is 5.21. The Kier molecular flexibility index (Phi) is 6.52. The Morgan fingerprint density at radius 1 is 1.25 bits per heavy atom. The molecule has 0 aliphatic carbocycles. The van der Waals surface area contributed by atoms with Crippen molar-refractivity contribution < 1.29 is 14.3 Å². The molecule has 0 saturated carbocycles. The number of hydrogen-bond donors (Lipinski definition) is 1. The molecule has 0 saturated heterocycles. The van der Waals surface area contributed by atoms with Gasteiger partial charge in [-0.1, -0.05) is 25.5 Å². The van der Waals surface area contributed by atoms with Crippen molar-refractivity contribution in [1.82, 2.24) is 0 Å². The lowest BCUT2D eigenvalue weighted by molar-refractivity contribution is -0.159. The van der Waals surface area contributed by atoms with E-state index in [0.29, 0.717) is 18.9 Å². The molecule has 0 fully saturated rings. The van der Waals surface area contributed by atoms with E-state index in [0.717, 1.165) is 24.8 Å². The lowest BCUT2D eigenvalue weighted by Gasteiger charge is -2.24. The summed E-state index contributed by atoms with van der Waals surface area (Å²) in [7, 11) is 0. The molecular formula is C16H25NO3. The van der Waals surface area contributed by atoms with Gasteiger partial charge in [0.25, 0.3) is 0 Å². The van der Waals surface area contributed by atoms with Crippen LogP contribution in [-0.2, 0) is 16.0 Å². The highest BCUT2D eigenvalue weighted by atomic mass is 16.6. The van der Waals surface area contributed by atoms with E-state index in [2.05, 4.69) is 6.92 Å². The minimum Gasteiger partial charge on any atom is -0.476 e. The van der Waals surface area contributed by atoms with E-state index in [1.165, 1.54) is 0 Å². The maximum atomic E-state index is 11.9. The van der Waals surface area contributed by atoms with Crippen LogP contribution in [0.2, 0.25) is 0 Å². The minimum atomic E-state index is -0.983. The van der Waals surface area contributed by atoms with Crippen molar-refractivity contribution in [3.8, 4) is 5.75 Å². The van der Waals surface area contributed by atoms with Crippen molar-refractivity contribution in [2.24, 2.45) is 5.73 Å². The Morgan fingerprint density at radius 3 is 2.45 bits per heavy atom. The van der Waals surface area contributed by atoms with Crippen LogP contribution in [0.5, 0.6) is 5.75 Å². The van der Waals surface area contributed by atoms with Gasteiger partial charge >= 0.3 is 5.97 Å². The second kappa shape index (κ2) is 7.90. The lowest BCUT2D eigenvalue weighted by Crippen LogP contribution is -2.39. The predicted molar refractivity (Wildman–Crippen MR) is 79.8 cm³/mol. The number of rotatable bonds is 8. The Bertz CT molecular complexity index is 412. The van der Waals surface area contributed by atoms with Gasteiger partial charge in [0.1, 0.15) is 5.75 Å². The summed E-state index contributed by atoms with van der Waals surface area (Å²) in [6, 6.07) is 7.62. The first kappa shape index (κ1) is 16.5. The van der Waals surface area contributed by atoms with Crippen LogP contribution < -0.4 is 10.5 Å². The second-order valence-corrected chi connectivity index (χ2v) is 5.28. The highest BCUT2D eigenvalue weighted by Gasteiger charge is 2.31. The fourth-order valence-corrected chi connectivity index (χ4v) is 1.71. The van der Waals surface area contributed by atoms with E-state index in [9.17, 15) is 4.79 Å². The molecule has 4 heteroatoms. The fraction of sp³-hybridized carbons (Fsp3) is 0.562. The zero-order valence-electron chi connectivity index (χ0n) is 12.6. The third-order valence-electron chi connectivity index (χ3n) is 2.95. The first-order valence-electron chi connectivity index (χ1n) is 7.15. The monoisotopic (exact) mass is 279 g/mol. The number of esters is 1. The van der Waals surface area contributed by atoms with Crippen LogP contribution in [0.4, 0.5) is 0 Å². The molecule has 0 amide bonds. The molecule has 20 heavy (non-hydrogen) atoms. The molecule has 0 spiro atoms. The van der Waals surface area contributed by atoms with E-state index in [-0.39, 0.29) is 5.97 Å². The van der Waals surface area contributed by atoms with Crippen LogP contribution in [-0.4, -0.2) is 24.7 Å². The molecule has 0 unspecified atom stereocenters. The summed E-state index contributed by atoms with van der Waals surface area (Å²) in [6.07, 6.45) is 2.70. The van der Waals surface area contributed by atoms with E-state index < -0.39 is 5.60 Å². The van der Waals surface area contributed by atoms with Gasteiger partial charge in [-0.25, -0.2) is 4.79 Å².